The average Bonchev–Trinajstić information content (AvgIpc) is 2.56. The lowest BCUT2D eigenvalue weighted by Crippen LogP contribution is -2.35. The van der Waals surface area contributed by atoms with E-state index in [1.54, 1.807) is 11.9 Å². The Balaban J connectivity index is 2.09. The molecular formula is C19H24N2O2. The van der Waals surface area contributed by atoms with E-state index in [2.05, 4.69) is 0 Å². The number of hydrogen-bond donors (Lipinski definition) is 1. The normalized spacial score (nSPS) is 11.8. The summed E-state index contributed by atoms with van der Waals surface area (Å²) >= 11 is 0. The van der Waals surface area contributed by atoms with Gasteiger partial charge in [0, 0.05) is 19.2 Å². The fourth-order valence-electron chi connectivity index (χ4n) is 2.42. The Morgan fingerprint density at radius 3 is 2.48 bits per heavy atom. The number of carbonyl (C=O) groups excluding carboxylic acids is 1. The van der Waals surface area contributed by atoms with Gasteiger partial charge in [-0.2, -0.15) is 0 Å². The molecule has 23 heavy (non-hydrogen) atoms. The van der Waals surface area contributed by atoms with E-state index in [0.29, 0.717) is 13.2 Å². The van der Waals surface area contributed by atoms with Crippen molar-refractivity contribution < 1.29 is 9.53 Å². The largest absolute Gasteiger partial charge is 0.494 e. The lowest BCUT2D eigenvalue weighted by atomic mass is 10.0. The van der Waals surface area contributed by atoms with Gasteiger partial charge < -0.3 is 15.4 Å². The molecule has 1 atom stereocenters. The highest BCUT2D eigenvalue weighted by Crippen LogP contribution is 2.21. The number of nitrogens with two attached hydrogens (primary N) is 1. The van der Waals surface area contributed by atoms with Crippen LogP contribution < -0.4 is 10.5 Å². The molecule has 0 saturated carbocycles. The van der Waals surface area contributed by atoms with Gasteiger partial charge in [-0.25, -0.2) is 0 Å². The minimum absolute atomic E-state index is 0.111. The van der Waals surface area contributed by atoms with Crippen LogP contribution in [0.25, 0.3) is 0 Å². The molecule has 0 aliphatic heterocycles. The Bertz CT molecular complexity index is 653. The molecule has 1 unspecified atom stereocenters. The lowest BCUT2D eigenvalue weighted by Gasteiger charge is -2.23. The molecule has 0 aliphatic rings. The first kappa shape index (κ1) is 17.0. The smallest absolute Gasteiger partial charge is 0.244 e. The van der Waals surface area contributed by atoms with E-state index in [9.17, 15) is 4.79 Å². The van der Waals surface area contributed by atoms with Crippen molar-refractivity contribution in [3.63, 3.8) is 0 Å². The van der Waals surface area contributed by atoms with E-state index in [-0.39, 0.29) is 5.91 Å². The second-order valence-corrected chi connectivity index (χ2v) is 5.62. The molecule has 0 bridgehead atoms. The Hall–Kier alpha value is -2.33. The summed E-state index contributed by atoms with van der Waals surface area (Å²) in [5, 5.41) is 0. The maximum absolute atomic E-state index is 12.6. The van der Waals surface area contributed by atoms with Crippen LogP contribution >= 0.6 is 0 Å². The van der Waals surface area contributed by atoms with E-state index >= 15 is 0 Å². The molecule has 122 valence electrons. The first-order valence-electron chi connectivity index (χ1n) is 7.80. The lowest BCUT2D eigenvalue weighted by molar-refractivity contribution is -0.132. The fourth-order valence-corrected chi connectivity index (χ4v) is 2.42. The van der Waals surface area contributed by atoms with E-state index in [1.807, 2.05) is 62.4 Å². The number of likely N-dealkylation sites (N-methyl/N-ethyl adjacent to an activating group) is 1. The zero-order valence-corrected chi connectivity index (χ0v) is 14.0. The van der Waals surface area contributed by atoms with Crippen molar-refractivity contribution in [1.82, 2.24) is 4.90 Å². The molecule has 0 fully saturated rings. The summed E-state index contributed by atoms with van der Waals surface area (Å²) in [6, 6.07) is 14.8. The number of hydrogen-bond acceptors (Lipinski definition) is 3. The van der Waals surface area contributed by atoms with Crippen LogP contribution in [0.5, 0.6) is 5.75 Å². The van der Waals surface area contributed by atoms with Gasteiger partial charge in [0.25, 0.3) is 0 Å². The van der Waals surface area contributed by atoms with Gasteiger partial charge in [-0.15, -0.1) is 0 Å². The summed E-state index contributed by atoms with van der Waals surface area (Å²) in [5.74, 6) is 0.693. The first-order valence-corrected chi connectivity index (χ1v) is 7.80. The van der Waals surface area contributed by atoms with Crippen molar-refractivity contribution in [2.24, 2.45) is 5.73 Å². The summed E-state index contributed by atoms with van der Waals surface area (Å²) < 4.78 is 5.61. The van der Waals surface area contributed by atoms with E-state index < -0.39 is 6.04 Å². The van der Waals surface area contributed by atoms with Crippen LogP contribution in [0.15, 0.2) is 48.5 Å². The number of para-hydroxylation sites is 1. The number of amides is 1. The Morgan fingerprint density at radius 2 is 1.83 bits per heavy atom. The standard InChI is InChI=1S/C19H24N2O2/c1-4-23-17-8-6-5-7-16(17)13-21(3)19(22)18(20)15-11-9-14(2)10-12-15/h5-12,18H,4,13,20H2,1-3H3. The van der Waals surface area contributed by atoms with Gasteiger partial charge in [-0.05, 0) is 25.5 Å². The monoisotopic (exact) mass is 312 g/mol. The summed E-state index contributed by atoms with van der Waals surface area (Å²) in [6.45, 7) is 5.01. The highest BCUT2D eigenvalue weighted by molar-refractivity contribution is 5.82. The highest BCUT2D eigenvalue weighted by atomic mass is 16.5. The summed E-state index contributed by atoms with van der Waals surface area (Å²) in [6.07, 6.45) is 0. The van der Waals surface area contributed by atoms with Gasteiger partial charge in [0.05, 0.1) is 6.61 Å². The number of benzene rings is 2. The van der Waals surface area contributed by atoms with Crippen molar-refractivity contribution >= 4 is 5.91 Å². The van der Waals surface area contributed by atoms with Crippen LogP contribution in [-0.4, -0.2) is 24.5 Å². The van der Waals surface area contributed by atoms with Crippen LogP contribution in [-0.2, 0) is 11.3 Å². The van der Waals surface area contributed by atoms with Gasteiger partial charge in [0.15, 0.2) is 0 Å². The van der Waals surface area contributed by atoms with Crippen LogP contribution in [0.1, 0.15) is 29.7 Å². The second-order valence-electron chi connectivity index (χ2n) is 5.62. The zero-order valence-electron chi connectivity index (χ0n) is 14.0. The minimum atomic E-state index is -0.653. The fraction of sp³-hybridized carbons (Fsp3) is 0.316. The molecule has 2 rings (SSSR count). The molecule has 0 saturated heterocycles. The minimum Gasteiger partial charge on any atom is -0.494 e. The molecule has 2 N–H and O–H groups in total. The van der Waals surface area contributed by atoms with Gasteiger partial charge in [0.2, 0.25) is 5.91 Å². The number of carbonyl (C=O) groups is 1. The van der Waals surface area contributed by atoms with Crippen molar-refractivity contribution in [3.8, 4) is 5.75 Å². The molecule has 4 heteroatoms. The molecule has 0 radical (unpaired) electrons. The van der Waals surface area contributed by atoms with E-state index in [0.717, 1.165) is 22.4 Å². The third-order valence-electron chi connectivity index (χ3n) is 3.76. The predicted octanol–water partition coefficient (Wildman–Crippen LogP) is 3.05. The summed E-state index contributed by atoms with van der Waals surface area (Å²) in [5.41, 5.74) is 9.06. The molecule has 0 heterocycles. The van der Waals surface area contributed by atoms with Gasteiger partial charge in [0.1, 0.15) is 11.8 Å². The topological polar surface area (TPSA) is 55.6 Å². The molecular weight excluding hydrogens is 288 g/mol. The van der Waals surface area contributed by atoms with E-state index in [1.165, 1.54) is 0 Å². The SMILES string of the molecule is CCOc1ccccc1CN(C)C(=O)C(N)c1ccc(C)cc1. The molecule has 0 aliphatic carbocycles. The number of ether oxygens (including phenoxy) is 1. The maximum Gasteiger partial charge on any atom is 0.244 e. The number of rotatable bonds is 6. The molecule has 0 aromatic heterocycles. The molecule has 0 spiro atoms. The van der Waals surface area contributed by atoms with Gasteiger partial charge >= 0.3 is 0 Å². The molecule has 1 amide bonds. The third-order valence-corrected chi connectivity index (χ3v) is 3.76. The average molecular weight is 312 g/mol. The van der Waals surface area contributed by atoms with Crippen LogP contribution in [0, 0.1) is 6.92 Å². The first-order chi connectivity index (χ1) is 11.0. The van der Waals surface area contributed by atoms with Crippen LogP contribution in [0.4, 0.5) is 0 Å². The summed E-state index contributed by atoms with van der Waals surface area (Å²) in [4.78, 5) is 14.2. The Kier molecular flexibility index (Phi) is 5.77. The van der Waals surface area contributed by atoms with Crippen LogP contribution in [0.2, 0.25) is 0 Å². The number of nitrogens with zero attached hydrogens (tertiary/aromatic N) is 1. The third kappa shape index (κ3) is 4.33. The van der Waals surface area contributed by atoms with Crippen molar-refractivity contribution in [2.45, 2.75) is 26.4 Å². The quantitative estimate of drug-likeness (QED) is 0.892. The van der Waals surface area contributed by atoms with Crippen LogP contribution in [0.3, 0.4) is 0 Å². The number of aryl methyl sites for hydroxylation is 1. The molecule has 4 nitrogen and oxygen atoms in total. The molecule has 2 aromatic carbocycles. The van der Waals surface area contributed by atoms with Crippen molar-refractivity contribution in [3.05, 3.63) is 65.2 Å². The summed E-state index contributed by atoms with van der Waals surface area (Å²) in [7, 11) is 1.76. The van der Waals surface area contributed by atoms with Gasteiger partial charge in [-0.1, -0.05) is 48.0 Å². The Labute approximate surface area is 137 Å². The maximum atomic E-state index is 12.6. The van der Waals surface area contributed by atoms with Gasteiger partial charge in [-0.3, -0.25) is 4.79 Å². The predicted molar refractivity (Wildman–Crippen MR) is 92.2 cm³/mol. The second kappa shape index (κ2) is 7.79. The zero-order chi connectivity index (χ0) is 16.8. The highest BCUT2D eigenvalue weighted by Gasteiger charge is 2.20. The van der Waals surface area contributed by atoms with Crippen molar-refractivity contribution in [2.75, 3.05) is 13.7 Å². The van der Waals surface area contributed by atoms with Crippen molar-refractivity contribution in [1.29, 1.82) is 0 Å². The molecule has 2 aromatic rings. The van der Waals surface area contributed by atoms with E-state index in [4.69, 9.17) is 10.5 Å². The Morgan fingerprint density at radius 1 is 1.17 bits per heavy atom.